The Hall–Kier alpha value is -1.33. The molecule has 0 aromatic heterocycles. The van der Waals surface area contributed by atoms with Crippen LogP contribution in [0.5, 0.6) is 0 Å². The third kappa shape index (κ3) is 7.20. The molecule has 1 aliphatic heterocycles. The smallest absolute Gasteiger partial charge is 0.337 e. The summed E-state index contributed by atoms with van der Waals surface area (Å²) in [6.45, 7) is 17.5. The van der Waals surface area contributed by atoms with E-state index in [0.717, 1.165) is 25.0 Å². The van der Waals surface area contributed by atoms with E-state index in [4.69, 9.17) is 13.9 Å². The van der Waals surface area contributed by atoms with Gasteiger partial charge in [0.05, 0.1) is 6.08 Å². The second-order valence-electron chi connectivity index (χ2n) is 8.46. The highest BCUT2D eigenvalue weighted by Gasteiger charge is 2.36. The minimum atomic E-state index is -1.64. The molecule has 0 saturated heterocycles. The number of allylic oxidation sites excluding steroid dienone is 4. The molecule has 4 nitrogen and oxygen atoms in total. The molecular formula is C20H34O4Si. The molecule has 0 N–H and O–H groups in total. The van der Waals surface area contributed by atoms with Gasteiger partial charge in [0.2, 0.25) is 5.79 Å². The first-order valence-corrected chi connectivity index (χ1v) is 11.9. The number of hydrogen-bond acceptors (Lipinski definition) is 4. The van der Waals surface area contributed by atoms with Gasteiger partial charge in [0.1, 0.15) is 5.76 Å². The molecule has 142 valence electrons. The number of rotatable bonds is 7. The van der Waals surface area contributed by atoms with Crippen molar-refractivity contribution in [1.29, 1.82) is 0 Å². The van der Waals surface area contributed by atoms with Crippen molar-refractivity contribution in [3.05, 3.63) is 35.6 Å². The Balaban J connectivity index is 2.43. The molecule has 0 aliphatic carbocycles. The third-order valence-electron chi connectivity index (χ3n) is 4.61. The van der Waals surface area contributed by atoms with Gasteiger partial charge in [0, 0.05) is 20.5 Å². The topological polar surface area (TPSA) is 44.8 Å². The summed E-state index contributed by atoms with van der Waals surface area (Å²) in [6, 6.07) is 0. The zero-order chi connectivity index (χ0) is 19.3. The van der Waals surface area contributed by atoms with Crippen LogP contribution >= 0.6 is 0 Å². The maximum absolute atomic E-state index is 11.6. The summed E-state index contributed by atoms with van der Waals surface area (Å²) in [5.74, 6) is -0.723. The summed E-state index contributed by atoms with van der Waals surface area (Å²) >= 11 is 0. The van der Waals surface area contributed by atoms with Gasteiger partial charge in [0.25, 0.3) is 0 Å². The predicted molar refractivity (Wildman–Crippen MR) is 105 cm³/mol. The van der Waals surface area contributed by atoms with Crippen LogP contribution in [-0.4, -0.2) is 26.7 Å². The van der Waals surface area contributed by atoms with Gasteiger partial charge in [-0.2, -0.15) is 0 Å². The van der Waals surface area contributed by atoms with Gasteiger partial charge in [-0.05, 0) is 43.5 Å². The van der Waals surface area contributed by atoms with Crippen LogP contribution in [0.2, 0.25) is 18.1 Å². The van der Waals surface area contributed by atoms with E-state index in [1.807, 2.05) is 19.1 Å². The maximum Gasteiger partial charge on any atom is 0.337 e. The van der Waals surface area contributed by atoms with E-state index in [0.29, 0.717) is 5.76 Å². The Morgan fingerprint density at radius 3 is 2.48 bits per heavy atom. The molecule has 0 radical (unpaired) electrons. The number of carbonyl (C=O) groups is 1. The first kappa shape index (κ1) is 21.7. The van der Waals surface area contributed by atoms with Gasteiger partial charge in [0.15, 0.2) is 8.32 Å². The van der Waals surface area contributed by atoms with E-state index in [-0.39, 0.29) is 11.0 Å². The Kier molecular flexibility index (Phi) is 7.26. The van der Waals surface area contributed by atoms with Crippen LogP contribution in [0.1, 0.15) is 54.4 Å². The Bertz CT molecular complexity index is 563. The summed E-state index contributed by atoms with van der Waals surface area (Å²) in [5, 5.41) is 0.255. The van der Waals surface area contributed by atoms with Crippen molar-refractivity contribution in [2.24, 2.45) is 0 Å². The van der Waals surface area contributed by atoms with Crippen LogP contribution in [0.4, 0.5) is 0 Å². The van der Waals surface area contributed by atoms with E-state index in [9.17, 15) is 4.79 Å². The van der Waals surface area contributed by atoms with E-state index >= 15 is 0 Å². The molecule has 0 spiro atoms. The first-order valence-electron chi connectivity index (χ1n) is 8.95. The van der Waals surface area contributed by atoms with Crippen molar-refractivity contribution in [2.45, 2.75) is 78.3 Å². The lowest BCUT2D eigenvalue weighted by Crippen LogP contribution is -2.40. The first-order chi connectivity index (χ1) is 11.3. The number of ether oxygens (including phenoxy) is 2. The summed E-state index contributed by atoms with van der Waals surface area (Å²) in [4.78, 5) is 11.6. The molecule has 1 heterocycles. The fraction of sp³-hybridized carbons (Fsp3) is 0.650. The maximum atomic E-state index is 11.6. The highest BCUT2D eigenvalue weighted by molar-refractivity contribution is 6.74. The molecule has 0 amide bonds. The summed E-state index contributed by atoms with van der Waals surface area (Å²) in [7, 11) is -1.64. The lowest BCUT2D eigenvalue weighted by molar-refractivity contribution is -0.203. The highest BCUT2D eigenvalue weighted by Crippen LogP contribution is 2.36. The molecule has 1 rings (SSSR count). The van der Waals surface area contributed by atoms with Crippen molar-refractivity contribution in [3.8, 4) is 0 Å². The van der Waals surface area contributed by atoms with Crippen molar-refractivity contribution in [2.75, 3.05) is 6.61 Å². The zero-order valence-corrected chi connectivity index (χ0v) is 18.1. The second-order valence-corrected chi connectivity index (χ2v) is 13.3. The number of esters is 1. The quantitative estimate of drug-likeness (QED) is 0.259. The van der Waals surface area contributed by atoms with E-state index in [2.05, 4.69) is 39.9 Å². The number of hydrogen-bond donors (Lipinski definition) is 0. The molecule has 25 heavy (non-hydrogen) atoms. The number of cyclic esters (lactones) is 1. The second kappa shape index (κ2) is 8.36. The van der Waals surface area contributed by atoms with Gasteiger partial charge in [-0.1, -0.05) is 39.0 Å². The lowest BCUT2D eigenvalue weighted by Gasteiger charge is -2.36. The molecule has 0 aromatic rings. The van der Waals surface area contributed by atoms with Gasteiger partial charge in [-0.3, -0.25) is 0 Å². The van der Waals surface area contributed by atoms with Crippen LogP contribution in [0.15, 0.2) is 35.6 Å². The van der Waals surface area contributed by atoms with Crippen molar-refractivity contribution in [1.82, 2.24) is 0 Å². The van der Waals surface area contributed by atoms with Crippen LogP contribution < -0.4 is 0 Å². The molecule has 0 aromatic carbocycles. The fourth-order valence-electron chi connectivity index (χ4n) is 2.02. The number of carbonyl (C=O) groups excluding carboxylic acids is 1. The van der Waals surface area contributed by atoms with Crippen LogP contribution in [0.3, 0.4) is 0 Å². The monoisotopic (exact) mass is 366 g/mol. The molecule has 0 fully saturated rings. The van der Waals surface area contributed by atoms with Gasteiger partial charge < -0.3 is 13.9 Å². The molecule has 1 aliphatic rings. The molecule has 0 atom stereocenters. The van der Waals surface area contributed by atoms with Gasteiger partial charge in [-0.25, -0.2) is 4.79 Å². The molecule has 0 bridgehead atoms. The lowest BCUT2D eigenvalue weighted by atomic mass is 10.2. The summed E-state index contributed by atoms with van der Waals surface area (Å²) in [6.07, 6.45) is 9.43. The minimum absolute atomic E-state index is 0.255. The zero-order valence-electron chi connectivity index (χ0n) is 17.1. The normalized spacial score (nSPS) is 18.8. The number of unbranched alkanes of at least 4 members (excludes halogenated alkanes) is 1. The summed E-state index contributed by atoms with van der Waals surface area (Å²) < 4.78 is 16.9. The molecule has 0 saturated carbocycles. The molecule has 0 unspecified atom stereocenters. The van der Waals surface area contributed by atoms with E-state index in [1.54, 1.807) is 13.8 Å². The largest absolute Gasteiger partial charge is 0.452 e. The van der Waals surface area contributed by atoms with Crippen molar-refractivity contribution < 1.29 is 18.7 Å². The highest BCUT2D eigenvalue weighted by atomic mass is 28.4. The minimum Gasteiger partial charge on any atom is -0.452 e. The molecule has 5 heteroatoms. The average Bonchev–Trinajstić information content (AvgIpc) is 2.42. The van der Waals surface area contributed by atoms with E-state index in [1.165, 1.54) is 6.08 Å². The Morgan fingerprint density at radius 2 is 1.92 bits per heavy atom. The summed E-state index contributed by atoms with van der Waals surface area (Å²) in [5.41, 5.74) is 0.901. The fourth-order valence-corrected chi connectivity index (χ4v) is 3.11. The standard InChI is InChI=1S/C20H34O4Si/c1-16(17-15-18(21)24-20(5,6)23-17)13-11-9-10-12-14-22-25(7,8)19(2,3)4/h9,11,13,15H,10,12,14H2,1-8H3/b11-9+,16-13+. The van der Waals surface area contributed by atoms with Gasteiger partial charge >= 0.3 is 5.97 Å². The Labute approximate surface area is 154 Å². The van der Waals surface area contributed by atoms with E-state index < -0.39 is 14.1 Å². The van der Waals surface area contributed by atoms with Crippen molar-refractivity contribution in [3.63, 3.8) is 0 Å². The Morgan fingerprint density at radius 1 is 1.28 bits per heavy atom. The van der Waals surface area contributed by atoms with Crippen molar-refractivity contribution >= 4 is 14.3 Å². The van der Waals surface area contributed by atoms with Crippen LogP contribution in [-0.2, 0) is 18.7 Å². The SMILES string of the molecule is C/C(=C\C=C\CCCO[Si](C)(C)C(C)(C)C)C1=CC(=O)OC(C)(C)O1. The van der Waals surface area contributed by atoms with Gasteiger partial charge in [-0.15, -0.1) is 0 Å². The third-order valence-corrected chi connectivity index (χ3v) is 9.14. The van der Waals surface area contributed by atoms with Crippen LogP contribution in [0, 0.1) is 0 Å². The predicted octanol–water partition coefficient (Wildman–Crippen LogP) is 5.48. The average molecular weight is 367 g/mol. The van der Waals surface area contributed by atoms with Crippen LogP contribution in [0.25, 0.3) is 0 Å². The molecular weight excluding hydrogens is 332 g/mol.